The molecule has 0 amide bonds. The number of nitrogens with zero attached hydrogens (tertiary/aromatic N) is 3. The highest BCUT2D eigenvalue weighted by molar-refractivity contribution is 5.36. The predicted molar refractivity (Wildman–Crippen MR) is 69.6 cm³/mol. The van der Waals surface area contributed by atoms with Crippen molar-refractivity contribution < 1.29 is 9.13 Å². The Balaban J connectivity index is 2.54. The van der Waals surface area contributed by atoms with Gasteiger partial charge in [0.1, 0.15) is 11.5 Å². The predicted octanol–water partition coefficient (Wildman–Crippen LogP) is 1.75. The molecule has 0 aliphatic rings. The summed E-state index contributed by atoms with van der Waals surface area (Å²) in [5.41, 5.74) is 1.32. The number of hydrogen-bond donors (Lipinski definition) is 1. The van der Waals surface area contributed by atoms with Crippen molar-refractivity contribution in [2.45, 2.75) is 19.5 Å². The number of aryl methyl sites for hydroxylation is 1. The minimum absolute atomic E-state index is 0.333. The summed E-state index contributed by atoms with van der Waals surface area (Å²) < 4.78 is 21.0. The first-order valence-corrected chi connectivity index (χ1v) is 6.09. The second-order valence-electron chi connectivity index (χ2n) is 4.03. The molecule has 19 heavy (non-hydrogen) atoms. The van der Waals surface area contributed by atoms with Crippen molar-refractivity contribution in [2.75, 3.05) is 14.2 Å². The van der Waals surface area contributed by atoms with Gasteiger partial charge < -0.3 is 10.1 Å². The molecule has 6 heteroatoms. The molecule has 0 spiro atoms. The third kappa shape index (κ3) is 2.44. The summed E-state index contributed by atoms with van der Waals surface area (Å²) in [5, 5.41) is 7.35. The second kappa shape index (κ2) is 5.79. The van der Waals surface area contributed by atoms with Crippen LogP contribution in [0.3, 0.4) is 0 Å². The normalized spacial score (nSPS) is 12.4. The average Bonchev–Trinajstić information content (AvgIpc) is 2.85. The van der Waals surface area contributed by atoms with Crippen molar-refractivity contribution in [2.24, 2.45) is 0 Å². The molecule has 1 unspecified atom stereocenters. The van der Waals surface area contributed by atoms with Crippen LogP contribution in [0.2, 0.25) is 0 Å². The van der Waals surface area contributed by atoms with E-state index in [2.05, 4.69) is 15.4 Å². The molecule has 0 fully saturated rings. The Kier molecular flexibility index (Phi) is 4.11. The number of halogens is 1. The zero-order chi connectivity index (χ0) is 13.8. The molecule has 2 heterocycles. The Morgan fingerprint density at radius 2 is 2.26 bits per heavy atom. The minimum Gasteiger partial charge on any atom is -0.493 e. The molecule has 0 saturated heterocycles. The van der Waals surface area contributed by atoms with Gasteiger partial charge in [-0.25, -0.2) is 4.39 Å². The van der Waals surface area contributed by atoms with Crippen LogP contribution in [0.15, 0.2) is 24.7 Å². The number of aromatic nitrogens is 3. The average molecular weight is 264 g/mol. The minimum atomic E-state index is -0.354. The van der Waals surface area contributed by atoms with Crippen LogP contribution in [-0.4, -0.2) is 28.9 Å². The van der Waals surface area contributed by atoms with Crippen molar-refractivity contribution in [3.8, 4) is 5.75 Å². The van der Waals surface area contributed by atoms with Gasteiger partial charge in [0.15, 0.2) is 5.75 Å². The van der Waals surface area contributed by atoms with Gasteiger partial charge in [-0.3, -0.25) is 9.67 Å². The van der Waals surface area contributed by atoms with Crippen LogP contribution in [0, 0.1) is 5.82 Å². The highest BCUT2D eigenvalue weighted by Gasteiger charge is 2.24. The van der Waals surface area contributed by atoms with Crippen LogP contribution >= 0.6 is 0 Å². The summed E-state index contributed by atoms with van der Waals surface area (Å²) in [4.78, 5) is 3.77. The standard InChI is InChI=1S/C13H17FN4O/c1-4-18-13(11(19-3)8-17-18)12(15-2)9-5-6-16-7-10(9)14/h5-8,12,15H,4H2,1-3H3. The topological polar surface area (TPSA) is 52.0 Å². The third-order valence-corrected chi connectivity index (χ3v) is 3.04. The van der Waals surface area contributed by atoms with Crippen LogP contribution < -0.4 is 10.1 Å². The van der Waals surface area contributed by atoms with Crippen molar-refractivity contribution in [1.82, 2.24) is 20.1 Å². The van der Waals surface area contributed by atoms with Crippen LogP contribution in [0.25, 0.3) is 0 Å². The van der Waals surface area contributed by atoms with Gasteiger partial charge in [0.25, 0.3) is 0 Å². The number of methoxy groups -OCH3 is 1. The van der Waals surface area contributed by atoms with Crippen molar-refractivity contribution >= 4 is 0 Å². The van der Waals surface area contributed by atoms with Gasteiger partial charge in [0.05, 0.1) is 25.5 Å². The molecule has 2 rings (SSSR count). The van der Waals surface area contributed by atoms with Gasteiger partial charge in [-0.1, -0.05) is 0 Å². The molecule has 0 bridgehead atoms. The molecular formula is C13H17FN4O. The summed E-state index contributed by atoms with van der Waals surface area (Å²) in [5.74, 6) is 0.283. The van der Waals surface area contributed by atoms with E-state index in [9.17, 15) is 4.39 Å². The number of nitrogens with one attached hydrogen (secondary N) is 1. The maximum absolute atomic E-state index is 13.9. The molecule has 0 aliphatic carbocycles. The van der Waals surface area contributed by atoms with Crippen LogP contribution in [0.5, 0.6) is 5.75 Å². The molecule has 0 aliphatic heterocycles. The summed E-state index contributed by atoms with van der Waals surface area (Å²) in [6, 6.07) is 1.32. The Bertz CT molecular complexity index is 534. The molecule has 1 atom stereocenters. The van der Waals surface area contributed by atoms with E-state index in [1.54, 1.807) is 37.3 Å². The quantitative estimate of drug-likeness (QED) is 0.894. The fourth-order valence-corrected chi connectivity index (χ4v) is 2.14. The summed E-state index contributed by atoms with van der Waals surface area (Å²) in [6.45, 7) is 2.66. The van der Waals surface area contributed by atoms with Crippen molar-refractivity contribution in [3.05, 3.63) is 41.7 Å². The maximum atomic E-state index is 13.9. The van der Waals surface area contributed by atoms with E-state index in [-0.39, 0.29) is 11.9 Å². The molecule has 2 aromatic heterocycles. The fourth-order valence-electron chi connectivity index (χ4n) is 2.14. The van der Waals surface area contributed by atoms with Gasteiger partial charge in [0, 0.05) is 18.3 Å². The molecular weight excluding hydrogens is 247 g/mol. The van der Waals surface area contributed by atoms with E-state index in [0.29, 0.717) is 17.9 Å². The van der Waals surface area contributed by atoms with Gasteiger partial charge in [-0.2, -0.15) is 5.10 Å². The summed E-state index contributed by atoms with van der Waals surface area (Å²) in [6.07, 6.45) is 4.42. The smallest absolute Gasteiger partial charge is 0.161 e. The second-order valence-corrected chi connectivity index (χ2v) is 4.03. The lowest BCUT2D eigenvalue weighted by atomic mass is 10.0. The third-order valence-electron chi connectivity index (χ3n) is 3.04. The first-order valence-electron chi connectivity index (χ1n) is 6.09. The Morgan fingerprint density at radius 1 is 1.47 bits per heavy atom. The van der Waals surface area contributed by atoms with Gasteiger partial charge >= 0.3 is 0 Å². The monoisotopic (exact) mass is 264 g/mol. The first-order chi connectivity index (χ1) is 9.22. The number of hydrogen-bond acceptors (Lipinski definition) is 4. The first kappa shape index (κ1) is 13.5. The molecule has 102 valence electrons. The Hall–Kier alpha value is -1.95. The zero-order valence-electron chi connectivity index (χ0n) is 11.2. The largest absolute Gasteiger partial charge is 0.493 e. The van der Waals surface area contributed by atoms with E-state index in [4.69, 9.17) is 4.74 Å². The summed E-state index contributed by atoms with van der Waals surface area (Å²) >= 11 is 0. The molecule has 0 radical (unpaired) electrons. The lowest BCUT2D eigenvalue weighted by molar-refractivity contribution is 0.400. The molecule has 1 N–H and O–H groups in total. The van der Waals surface area contributed by atoms with Gasteiger partial charge in [-0.05, 0) is 20.0 Å². The Labute approximate surface area is 111 Å². The molecule has 2 aromatic rings. The van der Waals surface area contributed by atoms with Crippen LogP contribution in [0.1, 0.15) is 24.2 Å². The zero-order valence-corrected chi connectivity index (χ0v) is 11.2. The van der Waals surface area contributed by atoms with Crippen molar-refractivity contribution in [3.63, 3.8) is 0 Å². The highest BCUT2D eigenvalue weighted by atomic mass is 19.1. The van der Waals surface area contributed by atoms with Crippen LogP contribution in [-0.2, 0) is 6.54 Å². The van der Waals surface area contributed by atoms with Gasteiger partial charge in [0.2, 0.25) is 0 Å². The lowest BCUT2D eigenvalue weighted by Crippen LogP contribution is -2.23. The Morgan fingerprint density at radius 3 is 2.84 bits per heavy atom. The lowest BCUT2D eigenvalue weighted by Gasteiger charge is -2.19. The maximum Gasteiger partial charge on any atom is 0.161 e. The van der Waals surface area contributed by atoms with Crippen molar-refractivity contribution in [1.29, 1.82) is 0 Å². The van der Waals surface area contributed by atoms with E-state index < -0.39 is 0 Å². The number of rotatable bonds is 5. The number of ether oxygens (including phenoxy) is 1. The van der Waals surface area contributed by atoms with E-state index >= 15 is 0 Å². The molecule has 0 saturated carbocycles. The molecule has 5 nitrogen and oxygen atoms in total. The molecule has 0 aromatic carbocycles. The van der Waals surface area contributed by atoms with Crippen LogP contribution in [0.4, 0.5) is 4.39 Å². The summed E-state index contributed by atoms with van der Waals surface area (Å²) in [7, 11) is 3.35. The fraction of sp³-hybridized carbons (Fsp3) is 0.385. The van der Waals surface area contributed by atoms with E-state index in [1.807, 2.05) is 6.92 Å². The van der Waals surface area contributed by atoms with E-state index in [0.717, 1.165) is 5.69 Å². The van der Waals surface area contributed by atoms with E-state index in [1.165, 1.54) is 6.20 Å². The number of pyridine rings is 1. The highest BCUT2D eigenvalue weighted by Crippen LogP contribution is 2.30. The SMILES string of the molecule is CCn1ncc(OC)c1C(NC)c1ccncc1F. The van der Waals surface area contributed by atoms with Gasteiger partial charge in [-0.15, -0.1) is 0 Å².